The van der Waals surface area contributed by atoms with Gasteiger partial charge in [-0.05, 0) is 24.3 Å². The van der Waals surface area contributed by atoms with E-state index in [0.717, 1.165) is 11.4 Å². The lowest BCUT2D eigenvalue weighted by Crippen LogP contribution is -2.35. The Hall–Kier alpha value is -2.40. The fraction of sp³-hybridized carbons (Fsp3) is 0. The Morgan fingerprint density at radius 2 is 1.94 bits per heavy atom. The third-order valence-electron chi connectivity index (χ3n) is 2.06. The van der Waals surface area contributed by atoms with Crippen LogP contribution in [0.2, 0.25) is 0 Å². The molecule has 0 fully saturated rings. The van der Waals surface area contributed by atoms with Crippen LogP contribution in [0.15, 0.2) is 59.9 Å². The summed E-state index contributed by atoms with van der Waals surface area (Å²) >= 11 is 0. The van der Waals surface area contributed by atoms with Gasteiger partial charge in [-0.25, -0.2) is 10.8 Å². The molecule has 2 rings (SSSR count). The number of para-hydroxylation sites is 1. The molecule has 5 heteroatoms. The van der Waals surface area contributed by atoms with E-state index < -0.39 is 0 Å². The zero-order valence-electron chi connectivity index (χ0n) is 9.17. The van der Waals surface area contributed by atoms with Crippen molar-refractivity contribution in [3.8, 4) is 0 Å². The van der Waals surface area contributed by atoms with E-state index in [-0.39, 0.29) is 0 Å². The Bertz CT molecular complexity index is 481. The Balaban J connectivity index is 2.15. The number of aromatic nitrogens is 1. The van der Waals surface area contributed by atoms with E-state index in [2.05, 4.69) is 20.7 Å². The van der Waals surface area contributed by atoms with Gasteiger partial charge in [0, 0.05) is 6.20 Å². The van der Waals surface area contributed by atoms with Gasteiger partial charge >= 0.3 is 0 Å². The third-order valence-corrected chi connectivity index (χ3v) is 2.06. The number of nitrogens with zero attached hydrogens (tertiary/aromatic N) is 2. The summed E-state index contributed by atoms with van der Waals surface area (Å²) in [6.07, 6.45) is 3.40. The summed E-state index contributed by atoms with van der Waals surface area (Å²) in [7, 11) is 0. The Kier molecular flexibility index (Phi) is 3.67. The van der Waals surface area contributed by atoms with E-state index in [4.69, 9.17) is 5.84 Å². The number of hydrogen-bond donors (Lipinski definition) is 3. The van der Waals surface area contributed by atoms with Gasteiger partial charge < -0.3 is 5.32 Å². The molecule has 0 aliphatic rings. The SMILES string of the molecule is NNC(=Nc1ccccc1)Nc1cccnc1. The van der Waals surface area contributed by atoms with Crippen LogP contribution in [0.3, 0.4) is 0 Å². The van der Waals surface area contributed by atoms with Crippen molar-refractivity contribution >= 4 is 17.3 Å². The topological polar surface area (TPSA) is 75.3 Å². The molecule has 0 radical (unpaired) electrons. The lowest BCUT2D eigenvalue weighted by Gasteiger charge is -2.08. The van der Waals surface area contributed by atoms with Gasteiger partial charge in [0.25, 0.3) is 0 Å². The predicted molar refractivity (Wildman–Crippen MR) is 68.7 cm³/mol. The van der Waals surface area contributed by atoms with Gasteiger partial charge in [-0.15, -0.1) is 0 Å². The second-order valence-corrected chi connectivity index (χ2v) is 3.31. The first kappa shape index (κ1) is 11.1. The molecule has 1 heterocycles. The molecule has 2 aromatic rings. The van der Waals surface area contributed by atoms with Crippen molar-refractivity contribution in [2.75, 3.05) is 5.32 Å². The van der Waals surface area contributed by atoms with Crippen LogP contribution in [-0.4, -0.2) is 10.9 Å². The quantitative estimate of drug-likeness (QED) is 0.315. The Labute approximate surface area is 99.4 Å². The number of hydrazine groups is 1. The van der Waals surface area contributed by atoms with Gasteiger partial charge in [-0.1, -0.05) is 18.2 Å². The van der Waals surface area contributed by atoms with E-state index in [0.29, 0.717) is 5.96 Å². The maximum Gasteiger partial charge on any atom is 0.215 e. The minimum atomic E-state index is 0.462. The molecule has 0 atom stereocenters. The highest BCUT2D eigenvalue weighted by molar-refractivity contribution is 5.94. The number of pyridine rings is 1. The summed E-state index contributed by atoms with van der Waals surface area (Å²) in [6.45, 7) is 0. The van der Waals surface area contributed by atoms with Crippen molar-refractivity contribution in [2.45, 2.75) is 0 Å². The monoisotopic (exact) mass is 227 g/mol. The summed E-state index contributed by atoms with van der Waals surface area (Å²) < 4.78 is 0. The summed E-state index contributed by atoms with van der Waals surface area (Å²) in [6, 6.07) is 13.3. The standard InChI is InChI=1S/C12H13N5/c13-17-12(15-10-5-2-1-3-6-10)16-11-7-4-8-14-9-11/h1-9H,13H2,(H2,15,16,17). The molecule has 4 N–H and O–H groups in total. The van der Waals surface area contributed by atoms with Crippen molar-refractivity contribution in [1.82, 2.24) is 10.4 Å². The van der Waals surface area contributed by atoms with E-state index in [1.165, 1.54) is 0 Å². The van der Waals surface area contributed by atoms with Crippen molar-refractivity contribution in [2.24, 2.45) is 10.8 Å². The van der Waals surface area contributed by atoms with Crippen molar-refractivity contribution < 1.29 is 0 Å². The fourth-order valence-corrected chi connectivity index (χ4v) is 1.30. The van der Waals surface area contributed by atoms with Crippen molar-refractivity contribution in [3.63, 3.8) is 0 Å². The van der Waals surface area contributed by atoms with Crippen LogP contribution in [0, 0.1) is 0 Å². The van der Waals surface area contributed by atoms with E-state index >= 15 is 0 Å². The van der Waals surface area contributed by atoms with Crippen LogP contribution < -0.4 is 16.6 Å². The largest absolute Gasteiger partial charge is 0.324 e. The lowest BCUT2D eigenvalue weighted by molar-refractivity contribution is 1.02. The zero-order valence-corrected chi connectivity index (χ0v) is 9.17. The van der Waals surface area contributed by atoms with Gasteiger partial charge in [-0.2, -0.15) is 0 Å². The first-order chi connectivity index (χ1) is 8.38. The number of benzene rings is 1. The minimum absolute atomic E-state index is 0.462. The highest BCUT2D eigenvalue weighted by Gasteiger charge is 1.97. The molecule has 0 saturated carbocycles. The molecule has 1 aromatic heterocycles. The number of guanidine groups is 1. The highest BCUT2D eigenvalue weighted by Crippen LogP contribution is 2.10. The summed E-state index contributed by atoms with van der Waals surface area (Å²) in [4.78, 5) is 8.31. The van der Waals surface area contributed by atoms with E-state index in [9.17, 15) is 0 Å². The van der Waals surface area contributed by atoms with Gasteiger partial charge in [0.05, 0.1) is 17.6 Å². The number of rotatable bonds is 2. The van der Waals surface area contributed by atoms with Crippen LogP contribution in [0.4, 0.5) is 11.4 Å². The molecule has 0 aliphatic carbocycles. The van der Waals surface area contributed by atoms with Crippen molar-refractivity contribution in [3.05, 3.63) is 54.9 Å². The van der Waals surface area contributed by atoms with Crippen LogP contribution in [0.1, 0.15) is 0 Å². The maximum atomic E-state index is 5.40. The van der Waals surface area contributed by atoms with Gasteiger partial charge in [0.1, 0.15) is 0 Å². The Morgan fingerprint density at radius 3 is 2.59 bits per heavy atom. The maximum absolute atomic E-state index is 5.40. The zero-order chi connectivity index (χ0) is 11.9. The van der Waals surface area contributed by atoms with Crippen molar-refractivity contribution in [1.29, 1.82) is 0 Å². The number of nitrogens with one attached hydrogen (secondary N) is 2. The lowest BCUT2D eigenvalue weighted by atomic mass is 10.3. The normalized spacial score (nSPS) is 11.0. The first-order valence-electron chi connectivity index (χ1n) is 5.16. The van der Waals surface area contributed by atoms with Gasteiger partial charge in [-0.3, -0.25) is 10.4 Å². The molecule has 0 saturated heterocycles. The van der Waals surface area contributed by atoms with Crippen LogP contribution in [-0.2, 0) is 0 Å². The molecule has 17 heavy (non-hydrogen) atoms. The van der Waals surface area contributed by atoms with E-state index in [1.807, 2.05) is 42.5 Å². The number of anilines is 1. The third kappa shape index (κ3) is 3.29. The predicted octanol–water partition coefficient (Wildman–Crippen LogP) is 1.64. The molecule has 0 amide bonds. The average Bonchev–Trinajstić information content (AvgIpc) is 2.40. The molecular weight excluding hydrogens is 214 g/mol. The van der Waals surface area contributed by atoms with Crippen LogP contribution in [0.25, 0.3) is 0 Å². The molecule has 86 valence electrons. The number of nitrogens with two attached hydrogens (primary N) is 1. The van der Waals surface area contributed by atoms with E-state index in [1.54, 1.807) is 12.4 Å². The molecule has 1 aromatic carbocycles. The highest BCUT2D eigenvalue weighted by atomic mass is 15.3. The second-order valence-electron chi connectivity index (χ2n) is 3.31. The number of aliphatic imine (C=N–C) groups is 1. The van der Waals surface area contributed by atoms with Crippen LogP contribution >= 0.6 is 0 Å². The van der Waals surface area contributed by atoms with Gasteiger partial charge in [0.15, 0.2) is 0 Å². The number of hydrogen-bond acceptors (Lipinski definition) is 3. The fourth-order valence-electron chi connectivity index (χ4n) is 1.30. The summed E-state index contributed by atoms with van der Waals surface area (Å²) in [5.41, 5.74) is 4.15. The van der Waals surface area contributed by atoms with Crippen LogP contribution in [0.5, 0.6) is 0 Å². The molecule has 0 unspecified atom stereocenters. The molecular formula is C12H13N5. The average molecular weight is 227 g/mol. The van der Waals surface area contributed by atoms with Gasteiger partial charge in [0.2, 0.25) is 5.96 Å². The smallest absolute Gasteiger partial charge is 0.215 e. The molecule has 0 spiro atoms. The second kappa shape index (κ2) is 5.62. The minimum Gasteiger partial charge on any atom is -0.324 e. The molecule has 0 bridgehead atoms. The Morgan fingerprint density at radius 1 is 1.12 bits per heavy atom. The summed E-state index contributed by atoms with van der Waals surface area (Å²) in [5, 5.41) is 3.03. The molecule has 0 aliphatic heterocycles. The first-order valence-corrected chi connectivity index (χ1v) is 5.16. The molecule has 5 nitrogen and oxygen atoms in total. The summed E-state index contributed by atoms with van der Waals surface area (Å²) in [5.74, 6) is 5.87.